The summed E-state index contributed by atoms with van der Waals surface area (Å²) in [6.45, 7) is 6.60. The van der Waals surface area contributed by atoms with Gasteiger partial charge in [0, 0.05) is 11.9 Å². The van der Waals surface area contributed by atoms with Gasteiger partial charge in [0.25, 0.3) is 0 Å². The first-order valence-electron chi connectivity index (χ1n) is 6.14. The van der Waals surface area contributed by atoms with E-state index in [9.17, 15) is 0 Å². The number of nitrogens with zero attached hydrogens (tertiary/aromatic N) is 1. The summed E-state index contributed by atoms with van der Waals surface area (Å²) < 4.78 is 0.854. The van der Waals surface area contributed by atoms with Crippen LogP contribution in [0.5, 0.6) is 0 Å². The van der Waals surface area contributed by atoms with Gasteiger partial charge < -0.3 is 11.1 Å². The average Bonchev–Trinajstić information content (AvgIpc) is 2.33. The molecule has 4 heteroatoms. The number of nitrogen functional groups attached to an aromatic ring is 1. The molecule has 0 unspecified atom stereocenters. The predicted octanol–water partition coefficient (Wildman–Crippen LogP) is 4.47. The van der Waals surface area contributed by atoms with Crippen molar-refractivity contribution in [3.63, 3.8) is 0 Å². The highest BCUT2D eigenvalue weighted by atomic mass is 79.9. The molecular formula is C15H18BrN3. The summed E-state index contributed by atoms with van der Waals surface area (Å²) in [5.74, 6) is 0. The largest absolute Gasteiger partial charge is 0.396 e. The van der Waals surface area contributed by atoms with E-state index in [-0.39, 0.29) is 5.41 Å². The maximum absolute atomic E-state index is 5.91. The maximum atomic E-state index is 5.91. The van der Waals surface area contributed by atoms with E-state index < -0.39 is 0 Å². The smallest absolute Gasteiger partial charge is 0.0794 e. The number of rotatable bonds is 2. The molecule has 1 aromatic heterocycles. The zero-order valence-corrected chi connectivity index (χ0v) is 13.0. The fraction of sp³-hybridized carbons (Fsp3) is 0.267. The number of aromatic nitrogens is 1. The third-order valence-electron chi connectivity index (χ3n) is 2.95. The molecule has 0 spiro atoms. The second-order valence-corrected chi connectivity index (χ2v) is 6.39. The first kappa shape index (κ1) is 13.9. The van der Waals surface area contributed by atoms with Crippen molar-refractivity contribution >= 4 is 33.0 Å². The van der Waals surface area contributed by atoms with E-state index in [1.165, 1.54) is 5.56 Å². The molecule has 0 saturated carbocycles. The van der Waals surface area contributed by atoms with E-state index in [1.54, 1.807) is 12.4 Å². The first-order chi connectivity index (χ1) is 8.88. The molecule has 19 heavy (non-hydrogen) atoms. The lowest BCUT2D eigenvalue weighted by atomic mass is 9.87. The Balaban J connectivity index is 2.25. The summed E-state index contributed by atoms with van der Waals surface area (Å²) in [7, 11) is 0. The van der Waals surface area contributed by atoms with Gasteiger partial charge in [0.1, 0.15) is 0 Å². The van der Waals surface area contributed by atoms with E-state index in [4.69, 9.17) is 5.73 Å². The van der Waals surface area contributed by atoms with E-state index in [2.05, 4.69) is 71.3 Å². The molecule has 3 nitrogen and oxygen atoms in total. The lowest BCUT2D eigenvalue weighted by Crippen LogP contribution is -2.10. The Kier molecular flexibility index (Phi) is 3.80. The molecule has 0 aliphatic heterocycles. The van der Waals surface area contributed by atoms with Gasteiger partial charge in [-0.1, -0.05) is 32.9 Å². The highest BCUT2D eigenvalue weighted by molar-refractivity contribution is 9.10. The van der Waals surface area contributed by atoms with E-state index in [0.29, 0.717) is 5.69 Å². The molecular weight excluding hydrogens is 302 g/mol. The molecule has 2 rings (SSSR count). The Morgan fingerprint density at radius 1 is 1.11 bits per heavy atom. The van der Waals surface area contributed by atoms with Crippen LogP contribution >= 0.6 is 15.9 Å². The number of nitrogens with one attached hydrogen (secondary N) is 1. The Labute approximate surface area is 122 Å². The van der Waals surface area contributed by atoms with Gasteiger partial charge >= 0.3 is 0 Å². The zero-order valence-electron chi connectivity index (χ0n) is 11.4. The van der Waals surface area contributed by atoms with Crippen molar-refractivity contribution in [1.82, 2.24) is 4.98 Å². The first-order valence-corrected chi connectivity index (χ1v) is 6.94. The second kappa shape index (κ2) is 5.21. The summed E-state index contributed by atoms with van der Waals surface area (Å²) in [4.78, 5) is 4.02. The molecule has 2 aromatic rings. The van der Waals surface area contributed by atoms with Crippen LogP contribution < -0.4 is 11.1 Å². The number of benzene rings is 1. The second-order valence-electron chi connectivity index (χ2n) is 5.54. The summed E-state index contributed by atoms with van der Waals surface area (Å²) in [6.07, 6.45) is 3.36. The summed E-state index contributed by atoms with van der Waals surface area (Å²) in [5, 5.41) is 3.31. The van der Waals surface area contributed by atoms with Crippen molar-refractivity contribution in [3.8, 4) is 0 Å². The number of nitrogens with two attached hydrogens (primary N) is 1. The zero-order chi connectivity index (χ0) is 14.0. The standard InChI is InChI=1S/C15H18BrN3/c1-15(2,3)10-4-6-11(7-5-10)19-14-12(16)8-18-9-13(14)17/h4-9H,17H2,1-3H3,(H,18,19). The molecule has 0 radical (unpaired) electrons. The Morgan fingerprint density at radius 3 is 2.26 bits per heavy atom. The highest BCUT2D eigenvalue weighted by Gasteiger charge is 2.13. The monoisotopic (exact) mass is 319 g/mol. The molecule has 0 fully saturated rings. The van der Waals surface area contributed by atoms with Crippen molar-refractivity contribution in [1.29, 1.82) is 0 Å². The number of anilines is 3. The molecule has 0 aliphatic rings. The summed E-state index contributed by atoms with van der Waals surface area (Å²) in [5.41, 5.74) is 9.85. The summed E-state index contributed by atoms with van der Waals surface area (Å²) >= 11 is 3.45. The minimum absolute atomic E-state index is 0.162. The molecule has 100 valence electrons. The molecule has 3 N–H and O–H groups in total. The molecule has 1 heterocycles. The van der Waals surface area contributed by atoms with Crippen LogP contribution in [0.1, 0.15) is 26.3 Å². The van der Waals surface area contributed by atoms with Gasteiger partial charge in [-0.3, -0.25) is 4.98 Å². The third-order valence-corrected chi connectivity index (χ3v) is 3.55. The predicted molar refractivity (Wildman–Crippen MR) is 84.8 cm³/mol. The molecule has 1 aromatic carbocycles. The Morgan fingerprint density at radius 2 is 1.74 bits per heavy atom. The molecule has 0 amide bonds. The van der Waals surface area contributed by atoms with E-state index >= 15 is 0 Å². The van der Waals surface area contributed by atoms with Crippen molar-refractivity contribution in [2.75, 3.05) is 11.1 Å². The summed E-state index contributed by atoms with van der Waals surface area (Å²) in [6, 6.07) is 8.39. The van der Waals surface area contributed by atoms with Gasteiger partial charge in [-0.05, 0) is 39.0 Å². The maximum Gasteiger partial charge on any atom is 0.0794 e. The molecule has 0 saturated heterocycles. The van der Waals surface area contributed by atoms with Gasteiger partial charge in [-0.15, -0.1) is 0 Å². The Hall–Kier alpha value is -1.55. The van der Waals surface area contributed by atoms with Gasteiger partial charge in [0.05, 0.1) is 22.0 Å². The number of pyridine rings is 1. The van der Waals surface area contributed by atoms with Crippen LogP contribution in [0.3, 0.4) is 0 Å². The van der Waals surface area contributed by atoms with Crippen LogP contribution in [0.15, 0.2) is 41.1 Å². The van der Waals surface area contributed by atoms with Gasteiger partial charge in [-0.2, -0.15) is 0 Å². The topological polar surface area (TPSA) is 50.9 Å². The SMILES string of the molecule is CC(C)(C)c1ccc(Nc2c(N)cncc2Br)cc1. The average molecular weight is 320 g/mol. The number of halogens is 1. The van der Waals surface area contributed by atoms with Crippen LogP contribution in [0, 0.1) is 0 Å². The van der Waals surface area contributed by atoms with Gasteiger partial charge in [-0.25, -0.2) is 0 Å². The van der Waals surface area contributed by atoms with E-state index in [1.807, 2.05) is 0 Å². The van der Waals surface area contributed by atoms with Gasteiger partial charge in [0.2, 0.25) is 0 Å². The molecule has 0 atom stereocenters. The number of hydrogen-bond acceptors (Lipinski definition) is 3. The normalized spacial score (nSPS) is 11.4. The van der Waals surface area contributed by atoms with Crippen LogP contribution in [0.4, 0.5) is 17.1 Å². The molecule has 0 bridgehead atoms. The Bertz CT molecular complexity index is 551. The van der Waals surface area contributed by atoms with Crippen molar-refractivity contribution < 1.29 is 0 Å². The van der Waals surface area contributed by atoms with Crippen molar-refractivity contribution in [2.24, 2.45) is 0 Å². The van der Waals surface area contributed by atoms with Gasteiger partial charge in [0.15, 0.2) is 0 Å². The molecule has 0 aliphatic carbocycles. The minimum atomic E-state index is 0.162. The lowest BCUT2D eigenvalue weighted by Gasteiger charge is -2.19. The fourth-order valence-electron chi connectivity index (χ4n) is 1.78. The number of hydrogen-bond donors (Lipinski definition) is 2. The van der Waals surface area contributed by atoms with Crippen molar-refractivity contribution in [2.45, 2.75) is 26.2 Å². The van der Waals surface area contributed by atoms with Crippen LogP contribution in [0.2, 0.25) is 0 Å². The fourth-order valence-corrected chi connectivity index (χ4v) is 2.23. The highest BCUT2D eigenvalue weighted by Crippen LogP contribution is 2.31. The van der Waals surface area contributed by atoms with Crippen LogP contribution in [-0.2, 0) is 5.41 Å². The van der Waals surface area contributed by atoms with Crippen LogP contribution in [0.25, 0.3) is 0 Å². The minimum Gasteiger partial charge on any atom is -0.396 e. The quantitative estimate of drug-likeness (QED) is 0.858. The third kappa shape index (κ3) is 3.26. The van der Waals surface area contributed by atoms with E-state index in [0.717, 1.165) is 15.8 Å². The lowest BCUT2D eigenvalue weighted by molar-refractivity contribution is 0.590. The van der Waals surface area contributed by atoms with Crippen LogP contribution in [-0.4, -0.2) is 4.98 Å². The van der Waals surface area contributed by atoms with Crippen molar-refractivity contribution in [3.05, 3.63) is 46.7 Å².